The predicted octanol–water partition coefficient (Wildman–Crippen LogP) is 1.40. The average Bonchev–Trinajstić information content (AvgIpc) is 2.28. The number of hydrogen-bond acceptors (Lipinski definition) is 4. The number of hydrogen-bond donors (Lipinski definition) is 1. The third-order valence-electron chi connectivity index (χ3n) is 3.03. The van der Waals surface area contributed by atoms with Gasteiger partial charge in [-0.15, -0.1) is 0 Å². The van der Waals surface area contributed by atoms with Crippen LogP contribution in [0.4, 0.5) is 0 Å². The fraction of sp³-hybridized carbons (Fsp3) is 0.923. The van der Waals surface area contributed by atoms with Crippen LogP contribution in [0.2, 0.25) is 0 Å². The van der Waals surface area contributed by atoms with E-state index in [1.165, 1.54) is 13.0 Å². The zero-order valence-electron chi connectivity index (χ0n) is 11.4. The molecule has 0 spiro atoms. The van der Waals surface area contributed by atoms with Crippen molar-refractivity contribution in [1.29, 1.82) is 0 Å². The zero-order valence-corrected chi connectivity index (χ0v) is 11.4. The van der Waals surface area contributed by atoms with Gasteiger partial charge >= 0.3 is 5.97 Å². The van der Waals surface area contributed by atoms with E-state index in [0.29, 0.717) is 12.6 Å². The van der Waals surface area contributed by atoms with E-state index in [1.807, 2.05) is 13.8 Å². The quantitative estimate of drug-likeness (QED) is 0.715. The topological polar surface area (TPSA) is 41.6 Å². The third kappa shape index (κ3) is 6.03. The van der Waals surface area contributed by atoms with Gasteiger partial charge in [-0.3, -0.25) is 4.79 Å². The lowest BCUT2D eigenvalue weighted by Crippen LogP contribution is -2.44. The number of nitrogens with one attached hydrogen (secondary N) is 1. The Morgan fingerprint density at radius 2 is 2.06 bits per heavy atom. The highest BCUT2D eigenvalue weighted by Crippen LogP contribution is 2.10. The summed E-state index contributed by atoms with van der Waals surface area (Å²) in [5.41, 5.74) is 0. The Labute approximate surface area is 105 Å². The van der Waals surface area contributed by atoms with Crippen LogP contribution in [0.15, 0.2) is 0 Å². The smallest absolute Gasteiger partial charge is 0.320 e. The molecule has 1 fully saturated rings. The summed E-state index contributed by atoms with van der Waals surface area (Å²) in [5, 5.41) is 3.29. The largest absolute Gasteiger partial charge is 0.462 e. The van der Waals surface area contributed by atoms with E-state index in [-0.39, 0.29) is 12.1 Å². The number of ether oxygens (including phenoxy) is 1. The van der Waals surface area contributed by atoms with E-state index in [0.717, 1.165) is 25.9 Å². The van der Waals surface area contributed by atoms with Crippen LogP contribution < -0.4 is 5.32 Å². The van der Waals surface area contributed by atoms with Crippen LogP contribution >= 0.6 is 0 Å². The fourth-order valence-electron chi connectivity index (χ4n) is 2.21. The molecule has 0 unspecified atom stereocenters. The standard InChI is InChI=1S/C13H26N2O2/c1-4-7-15-8-5-12(6-9-15)14-10-13(16)17-11(2)3/h11-12,14H,4-10H2,1-3H3. The van der Waals surface area contributed by atoms with Crippen molar-refractivity contribution in [3.8, 4) is 0 Å². The minimum Gasteiger partial charge on any atom is -0.462 e. The normalized spacial score (nSPS) is 18.6. The summed E-state index contributed by atoms with van der Waals surface area (Å²) < 4.78 is 5.09. The molecule has 1 heterocycles. The molecule has 0 saturated carbocycles. The van der Waals surface area contributed by atoms with E-state index in [9.17, 15) is 4.79 Å². The molecule has 1 aliphatic heterocycles. The number of esters is 1. The highest BCUT2D eigenvalue weighted by Gasteiger charge is 2.19. The molecular weight excluding hydrogens is 216 g/mol. The first-order valence-corrected chi connectivity index (χ1v) is 6.77. The van der Waals surface area contributed by atoms with Crippen LogP contribution in [0.25, 0.3) is 0 Å². The SMILES string of the molecule is CCCN1CCC(NCC(=O)OC(C)C)CC1. The molecule has 1 aliphatic rings. The van der Waals surface area contributed by atoms with E-state index < -0.39 is 0 Å². The third-order valence-corrected chi connectivity index (χ3v) is 3.03. The van der Waals surface area contributed by atoms with Crippen molar-refractivity contribution >= 4 is 5.97 Å². The molecule has 0 aromatic carbocycles. The number of carbonyl (C=O) groups excluding carboxylic acids is 1. The van der Waals surface area contributed by atoms with Crippen LogP contribution in [0.5, 0.6) is 0 Å². The van der Waals surface area contributed by atoms with Crippen molar-refractivity contribution in [3.63, 3.8) is 0 Å². The van der Waals surface area contributed by atoms with E-state index >= 15 is 0 Å². The molecule has 0 radical (unpaired) electrons. The van der Waals surface area contributed by atoms with Gasteiger partial charge in [0.15, 0.2) is 0 Å². The Bertz CT molecular complexity index is 223. The first-order valence-electron chi connectivity index (χ1n) is 6.77. The van der Waals surface area contributed by atoms with Crippen molar-refractivity contribution in [2.75, 3.05) is 26.2 Å². The summed E-state index contributed by atoms with van der Waals surface area (Å²) in [6.45, 7) is 9.79. The number of likely N-dealkylation sites (tertiary alicyclic amines) is 1. The maximum Gasteiger partial charge on any atom is 0.320 e. The van der Waals surface area contributed by atoms with Gasteiger partial charge in [-0.2, -0.15) is 0 Å². The first-order chi connectivity index (χ1) is 8.11. The molecule has 0 aliphatic carbocycles. The summed E-state index contributed by atoms with van der Waals surface area (Å²) in [6.07, 6.45) is 3.47. The molecule has 1 saturated heterocycles. The van der Waals surface area contributed by atoms with Crippen molar-refractivity contribution in [1.82, 2.24) is 10.2 Å². The Hall–Kier alpha value is -0.610. The first kappa shape index (κ1) is 14.5. The van der Waals surface area contributed by atoms with Crippen molar-refractivity contribution in [3.05, 3.63) is 0 Å². The van der Waals surface area contributed by atoms with Crippen LogP contribution in [-0.2, 0) is 9.53 Å². The molecule has 0 aromatic heterocycles. The lowest BCUT2D eigenvalue weighted by molar-refractivity contribution is -0.146. The Morgan fingerprint density at radius 3 is 2.59 bits per heavy atom. The zero-order chi connectivity index (χ0) is 12.7. The summed E-state index contributed by atoms with van der Waals surface area (Å²) in [5.74, 6) is -0.143. The lowest BCUT2D eigenvalue weighted by Gasteiger charge is -2.32. The van der Waals surface area contributed by atoms with Gasteiger partial charge < -0.3 is 15.0 Å². The van der Waals surface area contributed by atoms with E-state index in [1.54, 1.807) is 0 Å². The second-order valence-corrected chi connectivity index (χ2v) is 5.04. The summed E-state index contributed by atoms with van der Waals surface area (Å²) in [7, 11) is 0. The van der Waals surface area contributed by atoms with Gasteiger partial charge in [0.2, 0.25) is 0 Å². The Kier molecular flexibility index (Phi) is 6.52. The predicted molar refractivity (Wildman–Crippen MR) is 69.0 cm³/mol. The molecule has 4 nitrogen and oxygen atoms in total. The molecule has 0 amide bonds. The van der Waals surface area contributed by atoms with Crippen LogP contribution in [0.3, 0.4) is 0 Å². The number of piperidine rings is 1. The second kappa shape index (κ2) is 7.67. The average molecular weight is 242 g/mol. The van der Waals surface area contributed by atoms with Crippen molar-refractivity contribution in [2.45, 2.75) is 52.2 Å². The van der Waals surface area contributed by atoms with Gasteiger partial charge in [0.1, 0.15) is 0 Å². The monoisotopic (exact) mass is 242 g/mol. The van der Waals surface area contributed by atoms with Crippen molar-refractivity contribution < 1.29 is 9.53 Å². The summed E-state index contributed by atoms with van der Waals surface area (Å²) in [4.78, 5) is 13.9. The number of nitrogens with zero attached hydrogens (tertiary/aromatic N) is 1. The molecule has 0 aromatic rings. The molecule has 0 bridgehead atoms. The summed E-state index contributed by atoms with van der Waals surface area (Å²) >= 11 is 0. The molecule has 17 heavy (non-hydrogen) atoms. The molecule has 1 rings (SSSR count). The maximum absolute atomic E-state index is 11.4. The van der Waals surface area contributed by atoms with Crippen LogP contribution in [0.1, 0.15) is 40.0 Å². The lowest BCUT2D eigenvalue weighted by atomic mass is 10.1. The van der Waals surface area contributed by atoms with E-state index in [2.05, 4.69) is 17.1 Å². The Balaban J connectivity index is 2.11. The molecule has 4 heteroatoms. The second-order valence-electron chi connectivity index (χ2n) is 5.04. The number of rotatable bonds is 6. The van der Waals surface area contributed by atoms with Crippen molar-refractivity contribution in [2.24, 2.45) is 0 Å². The minimum absolute atomic E-state index is 0.0179. The van der Waals surface area contributed by atoms with Gasteiger partial charge in [0, 0.05) is 6.04 Å². The van der Waals surface area contributed by atoms with Gasteiger partial charge in [-0.25, -0.2) is 0 Å². The highest BCUT2D eigenvalue weighted by atomic mass is 16.5. The highest BCUT2D eigenvalue weighted by molar-refractivity contribution is 5.71. The summed E-state index contributed by atoms with van der Waals surface area (Å²) in [6, 6.07) is 0.475. The van der Waals surface area contributed by atoms with Gasteiger partial charge in [-0.1, -0.05) is 6.92 Å². The number of carbonyl (C=O) groups is 1. The minimum atomic E-state index is -0.143. The fourth-order valence-corrected chi connectivity index (χ4v) is 2.21. The van der Waals surface area contributed by atoms with Gasteiger partial charge in [0.05, 0.1) is 12.6 Å². The molecule has 1 N–H and O–H groups in total. The van der Waals surface area contributed by atoms with Crippen LogP contribution in [0, 0.1) is 0 Å². The van der Waals surface area contributed by atoms with E-state index in [4.69, 9.17) is 4.74 Å². The Morgan fingerprint density at radius 1 is 1.41 bits per heavy atom. The molecule has 0 atom stereocenters. The van der Waals surface area contributed by atoms with Gasteiger partial charge in [0.25, 0.3) is 0 Å². The molecular formula is C13H26N2O2. The van der Waals surface area contributed by atoms with Crippen LogP contribution in [-0.4, -0.2) is 49.2 Å². The maximum atomic E-state index is 11.4. The van der Waals surface area contributed by atoms with Gasteiger partial charge in [-0.05, 0) is 52.7 Å². The molecule has 100 valence electrons.